The zero-order valence-electron chi connectivity index (χ0n) is 11.1. The number of aromatic nitrogens is 2. The lowest BCUT2D eigenvalue weighted by atomic mass is 10.0. The Labute approximate surface area is 130 Å². The van der Waals surface area contributed by atoms with Crippen LogP contribution in [0.1, 0.15) is 17.3 Å². The monoisotopic (exact) mass is 345 g/mol. The van der Waals surface area contributed by atoms with Gasteiger partial charge in [0.05, 0.1) is 29.0 Å². The molecule has 3 aromatic rings. The van der Waals surface area contributed by atoms with Crippen LogP contribution in [-0.4, -0.2) is 9.97 Å². The van der Waals surface area contributed by atoms with E-state index in [0.29, 0.717) is 10.9 Å². The Balaban J connectivity index is 1.87. The van der Waals surface area contributed by atoms with Gasteiger partial charge < -0.3 is 5.73 Å². The Bertz CT molecular complexity index is 791. The van der Waals surface area contributed by atoms with E-state index in [0.717, 1.165) is 22.3 Å². The van der Waals surface area contributed by atoms with Gasteiger partial charge in [0, 0.05) is 4.47 Å². The van der Waals surface area contributed by atoms with Crippen molar-refractivity contribution in [2.24, 2.45) is 5.73 Å². The van der Waals surface area contributed by atoms with Gasteiger partial charge >= 0.3 is 0 Å². The standard InChI is InChI=1S/C16H13BrFN3/c17-12-8-11(18)6-5-10(12)7-13(19)16-9-20-14-3-1-2-4-15(14)21-16/h1-6,8-9,13H,7,19H2. The molecule has 0 aliphatic heterocycles. The Morgan fingerprint density at radius 3 is 2.67 bits per heavy atom. The summed E-state index contributed by atoms with van der Waals surface area (Å²) in [6, 6.07) is 12.0. The normalized spacial score (nSPS) is 12.5. The van der Waals surface area contributed by atoms with E-state index in [1.807, 2.05) is 24.3 Å². The van der Waals surface area contributed by atoms with Crippen molar-refractivity contribution in [1.82, 2.24) is 9.97 Å². The van der Waals surface area contributed by atoms with E-state index in [1.165, 1.54) is 12.1 Å². The summed E-state index contributed by atoms with van der Waals surface area (Å²) in [6.07, 6.45) is 2.26. The minimum atomic E-state index is -0.288. The molecule has 3 nitrogen and oxygen atoms in total. The number of fused-ring (bicyclic) bond motifs is 1. The van der Waals surface area contributed by atoms with E-state index in [2.05, 4.69) is 25.9 Å². The number of hydrogen-bond acceptors (Lipinski definition) is 3. The molecule has 0 bridgehead atoms. The van der Waals surface area contributed by atoms with Crippen molar-refractivity contribution in [3.05, 3.63) is 70.2 Å². The molecule has 0 aliphatic rings. The van der Waals surface area contributed by atoms with Gasteiger partial charge in [0.1, 0.15) is 5.82 Å². The van der Waals surface area contributed by atoms with Gasteiger partial charge in [0.2, 0.25) is 0 Å². The largest absolute Gasteiger partial charge is 0.322 e. The van der Waals surface area contributed by atoms with Gasteiger partial charge in [-0.05, 0) is 36.2 Å². The van der Waals surface area contributed by atoms with Gasteiger partial charge in [0.25, 0.3) is 0 Å². The zero-order valence-corrected chi connectivity index (χ0v) is 12.7. The van der Waals surface area contributed by atoms with Crippen molar-refractivity contribution in [1.29, 1.82) is 0 Å². The molecule has 5 heteroatoms. The first-order chi connectivity index (χ1) is 10.1. The number of nitrogens with zero attached hydrogens (tertiary/aromatic N) is 2. The van der Waals surface area contributed by atoms with E-state index in [-0.39, 0.29) is 11.9 Å². The number of nitrogens with two attached hydrogens (primary N) is 1. The molecule has 0 radical (unpaired) electrons. The lowest BCUT2D eigenvalue weighted by Crippen LogP contribution is -2.15. The van der Waals surface area contributed by atoms with Crippen molar-refractivity contribution in [3.63, 3.8) is 0 Å². The highest BCUT2D eigenvalue weighted by Crippen LogP contribution is 2.23. The van der Waals surface area contributed by atoms with Gasteiger partial charge in [-0.3, -0.25) is 4.98 Å². The Morgan fingerprint density at radius 1 is 1.14 bits per heavy atom. The zero-order chi connectivity index (χ0) is 14.8. The third-order valence-corrected chi connectivity index (χ3v) is 4.04. The molecule has 0 saturated carbocycles. The number of halogens is 2. The molecule has 1 heterocycles. The van der Waals surface area contributed by atoms with E-state index in [4.69, 9.17) is 5.73 Å². The van der Waals surface area contributed by atoms with Crippen molar-refractivity contribution < 1.29 is 4.39 Å². The average Bonchev–Trinajstić information content (AvgIpc) is 2.49. The Morgan fingerprint density at radius 2 is 1.90 bits per heavy atom. The molecule has 0 amide bonds. The number of para-hydroxylation sites is 2. The van der Waals surface area contributed by atoms with E-state index >= 15 is 0 Å². The molecule has 21 heavy (non-hydrogen) atoms. The van der Waals surface area contributed by atoms with Crippen LogP contribution in [0.3, 0.4) is 0 Å². The fourth-order valence-corrected chi connectivity index (χ4v) is 2.69. The van der Waals surface area contributed by atoms with E-state index in [1.54, 1.807) is 12.3 Å². The summed E-state index contributed by atoms with van der Waals surface area (Å²) < 4.78 is 13.8. The second-order valence-corrected chi connectivity index (χ2v) is 5.68. The summed E-state index contributed by atoms with van der Waals surface area (Å²) in [4.78, 5) is 8.91. The fraction of sp³-hybridized carbons (Fsp3) is 0.125. The summed E-state index contributed by atoms with van der Waals surface area (Å²) >= 11 is 3.36. The first-order valence-electron chi connectivity index (χ1n) is 6.54. The topological polar surface area (TPSA) is 51.8 Å². The van der Waals surface area contributed by atoms with Gasteiger partial charge in [-0.1, -0.05) is 34.1 Å². The van der Waals surface area contributed by atoms with Crippen molar-refractivity contribution in [2.75, 3.05) is 0 Å². The highest BCUT2D eigenvalue weighted by Gasteiger charge is 2.12. The molecule has 0 aliphatic carbocycles. The maximum atomic E-state index is 13.1. The Hall–Kier alpha value is -1.85. The van der Waals surface area contributed by atoms with Crippen LogP contribution < -0.4 is 5.73 Å². The molecule has 1 aromatic heterocycles. The molecule has 0 spiro atoms. The molecule has 0 fully saturated rings. The lowest BCUT2D eigenvalue weighted by molar-refractivity contribution is 0.623. The van der Waals surface area contributed by atoms with Gasteiger partial charge in [-0.2, -0.15) is 0 Å². The predicted octanol–water partition coefficient (Wildman–Crippen LogP) is 3.77. The maximum absolute atomic E-state index is 13.1. The SMILES string of the molecule is NC(Cc1ccc(F)cc1Br)c1cnc2ccccc2n1. The summed E-state index contributed by atoms with van der Waals surface area (Å²) in [5, 5.41) is 0. The molecule has 3 rings (SSSR count). The first kappa shape index (κ1) is 14.1. The molecule has 1 atom stereocenters. The van der Waals surface area contributed by atoms with E-state index < -0.39 is 0 Å². The molecule has 2 N–H and O–H groups in total. The van der Waals surface area contributed by atoms with Crippen LogP contribution in [0, 0.1) is 5.82 Å². The van der Waals surface area contributed by atoms with Crippen molar-refractivity contribution in [2.45, 2.75) is 12.5 Å². The average molecular weight is 346 g/mol. The smallest absolute Gasteiger partial charge is 0.124 e. The predicted molar refractivity (Wildman–Crippen MR) is 84.3 cm³/mol. The highest BCUT2D eigenvalue weighted by molar-refractivity contribution is 9.10. The van der Waals surface area contributed by atoms with Crippen molar-refractivity contribution in [3.8, 4) is 0 Å². The number of rotatable bonds is 3. The third kappa shape index (κ3) is 3.09. The third-order valence-electron chi connectivity index (χ3n) is 3.30. The molecule has 2 aromatic carbocycles. The quantitative estimate of drug-likeness (QED) is 0.785. The number of benzene rings is 2. The second kappa shape index (κ2) is 5.87. The summed E-state index contributed by atoms with van der Waals surface area (Å²) in [5.74, 6) is -0.273. The van der Waals surface area contributed by atoms with E-state index in [9.17, 15) is 4.39 Å². The van der Waals surface area contributed by atoms with Gasteiger partial charge in [-0.15, -0.1) is 0 Å². The van der Waals surface area contributed by atoms with Crippen molar-refractivity contribution >= 4 is 27.0 Å². The van der Waals surface area contributed by atoms with Crippen LogP contribution in [-0.2, 0) is 6.42 Å². The lowest BCUT2D eigenvalue weighted by Gasteiger charge is -2.12. The first-order valence-corrected chi connectivity index (χ1v) is 7.34. The van der Waals surface area contributed by atoms with Crippen LogP contribution in [0.5, 0.6) is 0 Å². The van der Waals surface area contributed by atoms with Crippen LogP contribution in [0.2, 0.25) is 0 Å². The highest BCUT2D eigenvalue weighted by atomic mass is 79.9. The van der Waals surface area contributed by atoms with Gasteiger partial charge in [-0.25, -0.2) is 9.37 Å². The minimum Gasteiger partial charge on any atom is -0.322 e. The number of hydrogen-bond donors (Lipinski definition) is 1. The molecule has 0 saturated heterocycles. The molecular weight excluding hydrogens is 333 g/mol. The minimum absolute atomic E-state index is 0.273. The molecular formula is C16H13BrFN3. The molecule has 1 unspecified atom stereocenters. The van der Waals surface area contributed by atoms with Gasteiger partial charge in [0.15, 0.2) is 0 Å². The molecule has 106 valence electrons. The second-order valence-electron chi connectivity index (χ2n) is 4.83. The summed E-state index contributed by atoms with van der Waals surface area (Å²) in [6.45, 7) is 0. The van der Waals surface area contributed by atoms with Crippen LogP contribution in [0.15, 0.2) is 53.1 Å². The van der Waals surface area contributed by atoms with Crippen LogP contribution in [0.4, 0.5) is 4.39 Å². The Kier molecular flexibility index (Phi) is 3.94. The summed E-state index contributed by atoms with van der Waals surface area (Å²) in [5.41, 5.74) is 9.54. The maximum Gasteiger partial charge on any atom is 0.124 e. The fourth-order valence-electron chi connectivity index (χ4n) is 2.18. The van der Waals surface area contributed by atoms with Crippen LogP contribution in [0.25, 0.3) is 11.0 Å². The summed E-state index contributed by atoms with van der Waals surface area (Å²) in [7, 11) is 0. The van der Waals surface area contributed by atoms with Crippen LogP contribution >= 0.6 is 15.9 Å².